The summed E-state index contributed by atoms with van der Waals surface area (Å²) < 4.78 is 10.7. The fourth-order valence-corrected chi connectivity index (χ4v) is 2.90. The molecule has 122 valence electrons. The largest absolute Gasteiger partial charge is 0.469 e. The van der Waals surface area contributed by atoms with Gasteiger partial charge in [0, 0.05) is 0 Å². The number of aliphatic hydroxyl groups is 1. The van der Waals surface area contributed by atoms with Gasteiger partial charge in [-0.05, 0) is 51.5 Å². The van der Waals surface area contributed by atoms with Gasteiger partial charge in [-0.2, -0.15) is 0 Å². The number of rotatable bonds is 5. The molecule has 0 saturated carbocycles. The van der Waals surface area contributed by atoms with Crippen LogP contribution in [0.15, 0.2) is 11.6 Å². The minimum Gasteiger partial charge on any atom is -0.469 e. The number of esters is 1. The zero-order valence-corrected chi connectivity index (χ0v) is 14.2. The summed E-state index contributed by atoms with van der Waals surface area (Å²) in [7, 11) is 1.42. The van der Waals surface area contributed by atoms with Gasteiger partial charge in [-0.3, -0.25) is 4.79 Å². The summed E-state index contributed by atoms with van der Waals surface area (Å²) in [6, 6.07) is 0. The average Bonchev–Trinajstić information content (AvgIpc) is 2.40. The van der Waals surface area contributed by atoms with E-state index in [1.54, 1.807) is 0 Å². The topological polar surface area (TPSA) is 55.8 Å². The van der Waals surface area contributed by atoms with Crippen molar-refractivity contribution in [3.8, 4) is 0 Å². The van der Waals surface area contributed by atoms with E-state index in [0.717, 1.165) is 19.3 Å². The molecule has 5 unspecified atom stereocenters. The van der Waals surface area contributed by atoms with Gasteiger partial charge in [-0.1, -0.05) is 19.9 Å². The fourth-order valence-electron chi connectivity index (χ4n) is 2.90. The average molecular weight is 298 g/mol. The molecule has 0 aliphatic carbocycles. The summed E-state index contributed by atoms with van der Waals surface area (Å²) in [5, 5.41) is 10.1. The highest BCUT2D eigenvalue weighted by molar-refractivity contribution is 5.71. The molecule has 0 amide bonds. The Kier molecular flexibility index (Phi) is 6.41. The fraction of sp³-hybridized carbons (Fsp3) is 0.824. The normalized spacial score (nSPS) is 33.4. The van der Waals surface area contributed by atoms with Gasteiger partial charge in [0.2, 0.25) is 0 Å². The van der Waals surface area contributed by atoms with Crippen molar-refractivity contribution in [2.45, 2.75) is 71.7 Å². The van der Waals surface area contributed by atoms with Gasteiger partial charge in [-0.15, -0.1) is 0 Å². The summed E-state index contributed by atoms with van der Waals surface area (Å²) in [6.45, 7) is 9.81. The molecule has 0 spiro atoms. The molecule has 1 aliphatic heterocycles. The van der Waals surface area contributed by atoms with E-state index >= 15 is 0 Å². The molecule has 1 heterocycles. The van der Waals surface area contributed by atoms with E-state index in [1.807, 2.05) is 20.8 Å². The van der Waals surface area contributed by atoms with Crippen molar-refractivity contribution in [2.75, 3.05) is 7.11 Å². The third-order valence-corrected chi connectivity index (χ3v) is 4.54. The first kappa shape index (κ1) is 18.2. The highest BCUT2D eigenvalue weighted by atomic mass is 16.5. The standard InChI is InChI=1S/C17H30O4/c1-11(10-13(3)16(18)20-6)9-12(2)15-7-8-17(5,19)14(4)21-15/h9,11,13-15,19H,7-8,10H2,1-6H3. The zero-order valence-electron chi connectivity index (χ0n) is 14.2. The molecule has 5 atom stereocenters. The van der Waals surface area contributed by atoms with Crippen LogP contribution in [0, 0.1) is 11.8 Å². The second-order valence-corrected chi connectivity index (χ2v) is 6.71. The van der Waals surface area contributed by atoms with Crippen LogP contribution < -0.4 is 0 Å². The van der Waals surface area contributed by atoms with Crippen LogP contribution in [-0.2, 0) is 14.3 Å². The molecule has 4 heteroatoms. The van der Waals surface area contributed by atoms with Crippen molar-refractivity contribution < 1.29 is 19.4 Å². The molecule has 0 aromatic rings. The minimum absolute atomic E-state index is 0.0658. The number of methoxy groups -OCH3 is 1. The van der Waals surface area contributed by atoms with Crippen LogP contribution in [0.1, 0.15) is 53.9 Å². The first-order valence-electron chi connectivity index (χ1n) is 7.81. The van der Waals surface area contributed by atoms with E-state index in [2.05, 4.69) is 19.9 Å². The Morgan fingerprint density at radius 3 is 2.67 bits per heavy atom. The lowest BCUT2D eigenvalue weighted by molar-refractivity contribution is -0.149. The summed E-state index contributed by atoms with van der Waals surface area (Å²) in [4.78, 5) is 11.5. The monoisotopic (exact) mass is 298 g/mol. The summed E-state index contributed by atoms with van der Waals surface area (Å²) in [5.74, 6) is 0.0351. The maximum atomic E-state index is 11.5. The Hall–Kier alpha value is -0.870. The number of ether oxygens (including phenoxy) is 2. The maximum Gasteiger partial charge on any atom is 0.308 e. The van der Waals surface area contributed by atoms with Crippen molar-refractivity contribution in [1.82, 2.24) is 0 Å². The Morgan fingerprint density at radius 1 is 1.52 bits per heavy atom. The van der Waals surface area contributed by atoms with Crippen LogP contribution >= 0.6 is 0 Å². The first-order chi connectivity index (χ1) is 9.67. The predicted octanol–water partition coefficient (Wildman–Crippen LogP) is 3.09. The van der Waals surface area contributed by atoms with Crippen LogP contribution in [-0.4, -0.2) is 36.0 Å². The highest BCUT2D eigenvalue weighted by Gasteiger charge is 2.36. The molecule has 1 rings (SSSR count). The molecule has 1 fully saturated rings. The van der Waals surface area contributed by atoms with E-state index in [1.165, 1.54) is 12.7 Å². The van der Waals surface area contributed by atoms with Crippen molar-refractivity contribution in [1.29, 1.82) is 0 Å². The molecule has 1 aliphatic rings. The second kappa shape index (κ2) is 7.41. The molecule has 0 bridgehead atoms. The van der Waals surface area contributed by atoms with Crippen LogP contribution in [0.5, 0.6) is 0 Å². The number of carbonyl (C=O) groups excluding carboxylic acids is 1. The lowest BCUT2D eigenvalue weighted by Gasteiger charge is -2.39. The Bertz CT molecular complexity index is 386. The van der Waals surface area contributed by atoms with Crippen molar-refractivity contribution in [3.63, 3.8) is 0 Å². The van der Waals surface area contributed by atoms with Gasteiger partial charge in [0.1, 0.15) is 0 Å². The number of allylic oxidation sites excluding steroid dienone is 1. The van der Waals surface area contributed by atoms with Crippen LogP contribution in [0.3, 0.4) is 0 Å². The van der Waals surface area contributed by atoms with Crippen molar-refractivity contribution in [2.24, 2.45) is 11.8 Å². The highest BCUT2D eigenvalue weighted by Crippen LogP contribution is 2.32. The van der Waals surface area contributed by atoms with E-state index in [9.17, 15) is 9.90 Å². The first-order valence-corrected chi connectivity index (χ1v) is 7.81. The molecule has 4 nitrogen and oxygen atoms in total. The molecule has 0 aromatic heterocycles. The van der Waals surface area contributed by atoms with Crippen LogP contribution in [0.2, 0.25) is 0 Å². The lowest BCUT2D eigenvalue weighted by atomic mass is 9.86. The van der Waals surface area contributed by atoms with Crippen molar-refractivity contribution >= 4 is 5.97 Å². The molecule has 0 aromatic carbocycles. The van der Waals surface area contributed by atoms with Gasteiger partial charge >= 0.3 is 5.97 Å². The smallest absolute Gasteiger partial charge is 0.308 e. The molecule has 0 radical (unpaired) electrons. The lowest BCUT2D eigenvalue weighted by Crippen LogP contribution is -2.46. The van der Waals surface area contributed by atoms with Crippen molar-refractivity contribution in [3.05, 3.63) is 11.6 Å². The Balaban J connectivity index is 2.58. The predicted molar refractivity (Wildman–Crippen MR) is 82.9 cm³/mol. The minimum atomic E-state index is -0.734. The zero-order chi connectivity index (χ0) is 16.2. The number of hydrogen-bond donors (Lipinski definition) is 1. The summed E-state index contributed by atoms with van der Waals surface area (Å²) in [6.07, 6.45) is 4.43. The molecule has 21 heavy (non-hydrogen) atoms. The second-order valence-electron chi connectivity index (χ2n) is 6.71. The third kappa shape index (κ3) is 5.11. The summed E-state index contributed by atoms with van der Waals surface area (Å²) in [5.41, 5.74) is 0.448. The summed E-state index contributed by atoms with van der Waals surface area (Å²) >= 11 is 0. The van der Waals surface area contributed by atoms with E-state index in [-0.39, 0.29) is 24.1 Å². The van der Waals surface area contributed by atoms with Gasteiger partial charge in [0.15, 0.2) is 0 Å². The molecule has 1 saturated heterocycles. The Labute approximate surface area is 128 Å². The quantitative estimate of drug-likeness (QED) is 0.626. The third-order valence-electron chi connectivity index (χ3n) is 4.54. The van der Waals surface area contributed by atoms with E-state index in [4.69, 9.17) is 9.47 Å². The molecular formula is C17H30O4. The number of hydrogen-bond acceptors (Lipinski definition) is 4. The van der Waals surface area contributed by atoms with Gasteiger partial charge in [0.25, 0.3) is 0 Å². The van der Waals surface area contributed by atoms with Gasteiger partial charge in [0.05, 0.1) is 30.8 Å². The van der Waals surface area contributed by atoms with E-state index < -0.39 is 5.60 Å². The SMILES string of the molecule is COC(=O)C(C)CC(C)C=C(C)C1CCC(C)(O)C(C)O1. The molecular weight excluding hydrogens is 268 g/mol. The van der Waals surface area contributed by atoms with Gasteiger partial charge < -0.3 is 14.6 Å². The van der Waals surface area contributed by atoms with Gasteiger partial charge in [-0.25, -0.2) is 0 Å². The number of carbonyl (C=O) groups is 1. The van der Waals surface area contributed by atoms with E-state index in [0.29, 0.717) is 5.92 Å². The molecule has 1 N–H and O–H groups in total. The Morgan fingerprint density at radius 2 is 2.14 bits per heavy atom. The van der Waals surface area contributed by atoms with Crippen LogP contribution in [0.25, 0.3) is 0 Å². The van der Waals surface area contributed by atoms with Crippen LogP contribution in [0.4, 0.5) is 0 Å². The maximum absolute atomic E-state index is 11.5.